The van der Waals surface area contributed by atoms with Crippen LogP contribution < -0.4 is 5.43 Å². The molecule has 4 nitrogen and oxygen atoms in total. The molecule has 80 valence electrons. The van der Waals surface area contributed by atoms with Gasteiger partial charge >= 0.3 is 0 Å². The van der Waals surface area contributed by atoms with E-state index in [1.165, 1.54) is 24.6 Å². The fraction of sp³-hybridized carbons (Fsp3) is 0.200. The standard InChI is InChI=1S/C10H12FN3O/c1-2-15-13-7-6-12-14-10-5-3-4-9(11)8-10/h3-8,14H,2H2,1H3. The highest BCUT2D eigenvalue weighted by molar-refractivity contribution is 6.15. The van der Waals surface area contributed by atoms with Crippen molar-refractivity contribution in [3.63, 3.8) is 0 Å². The lowest BCUT2D eigenvalue weighted by atomic mass is 10.3. The highest BCUT2D eigenvalue weighted by Gasteiger charge is 1.90. The predicted octanol–water partition coefficient (Wildman–Crippen LogP) is 2.25. The number of nitrogens with zero attached hydrogens (tertiary/aromatic N) is 2. The molecule has 15 heavy (non-hydrogen) atoms. The number of nitrogens with one attached hydrogen (secondary N) is 1. The van der Waals surface area contributed by atoms with E-state index in [1.54, 1.807) is 12.1 Å². The first kappa shape index (κ1) is 11.2. The number of hydrazone groups is 1. The van der Waals surface area contributed by atoms with Crippen molar-refractivity contribution in [1.29, 1.82) is 0 Å². The molecule has 0 aliphatic rings. The van der Waals surface area contributed by atoms with E-state index >= 15 is 0 Å². The minimum absolute atomic E-state index is 0.307. The molecule has 0 amide bonds. The van der Waals surface area contributed by atoms with Gasteiger partial charge in [0, 0.05) is 0 Å². The molecule has 0 heterocycles. The number of halogens is 1. The average molecular weight is 209 g/mol. The van der Waals surface area contributed by atoms with Gasteiger partial charge in [-0.1, -0.05) is 11.2 Å². The number of benzene rings is 1. The molecular weight excluding hydrogens is 197 g/mol. The van der Waals surface area contributed by atoms with Gasteiger partial charge in [0.05, 0.1) is 18.1 Å². The minimum atomic E-state index is -0.307. The van der Waals surface area contributed by atoms with Gasteiger partial charge in [0.25, 0.3) is 0 Å². The molecule has 0 atom stereocenters. The van der Waals surface area contributed by atoms with Gasteiger partial charge in [0.2, 0.25) is 0 Å². The lowest BCUT2D eigenvalue weighted by Gasteiger charge is -1.97. The molecule has 0 bridgehead atoms. The third kappa shape index (κ3) is 4.75. The van der Waals surface area contributed by atoms with Gasteiger partial charge < -0.3 is 4.84 Å². The highest BCUT2D eigenvalue weighted by Crippen LogP contribution is 2.08. The first-order valence-electron chi connectivity index (χ1n) is 4.51. The van der Waals surface area contributed by atoms with Crippen LogP contribution in [0, 0.1) is 5.82 Å². The summed E-state index contributed by atoms with van der Waals surface area (Å²) in [5.41, 5.74) is 3.22. The van der Waals surface area contributed by atoms with Gasteiger partial charge in [-0.15, -0.1) is 0 Å². The van der Waals surface area contributed by atoms with E-state index in [2.05, 4.69) is 15.7 Å². The Morgan fingerprint density at radius 2 is 2.33 bits per heavy atom. The Morgan fingerprint density at radius 3 is 3.07 bits per heavy atom. The summed E-state index contributed by atoms with van der Waals surface area (Å²) >= 11 is 0. The Balaban J connectivity index is 2.36. The summed E-state index contributed by atoms with van der Waals surface area (Å²) in [5.74, 6) is -0.307. The predicted molar refractivity (Wildman–Crippen MR) is 58.6 cm³/mol. The zero-order valence-electron chi connectivity index (χ0n) is 8.35. The minimum Gasteiger partial charge on any atom is -0.396 e. The molecular formula is C10H12FN3O. The van der Waals surface area contributed by atoms with Crippen LogP contribution in [0.15, 0.2) is 34.5 Å². The SMILES string of the molecule is CCON=CC=NNc1cccc(F)c1. The number of hydrogen-bond acceptors (Lipinski definition) is 4. The van der Waals surface area contributed by atoms with Crippen molar-refractivity contribution in [3.8, 4) is 0 Å². The lowest BCUT2D eigenvalue weighted by Crippen LogP contribution is -1.90. The maximum absolute atomic E-state index is 12.7. The van der Waals surface area contributed by atoms with E-state index in [0.717, 1.165) is 0 Å². The van der Waals surface area contributed by atoms with Crippen LogP contribution >= 0.6 is 0 Å². The van der Waals surface area contributed by atoms with Gasteiger partial charge in [-0.2, -0.15) is 5.10 Å². The molecule has 0 aromatic heterocycles. The number of oxime groups is 1. The second kappa shape index (κ2) is 6.53. The molecule has 0 fully saturated rings. The summed E-state index contributed by atoms with van der Waals surface area (Å²) in [5, 5.41) is 7.33. The average Bonchev–Trinajstić information content (AvgIpc) is 2.23. The van der Waals surface area contributed by atoms with Gasteiger partial charge in [-0.3, -0.25) is 5.43 Å². The number of hydrogen-bond donors (Lipinski definition) is 1. The molecule has 0 aliphatic heterocycles. The van der Waals surface area contributed by atoms with Gasteiger partial charge in [0.15, 0.2) is 0 Å². The first-order chi connectivity index (χ1) is 7.33. The second-order valence-electron chi connectivity index (χ2n) is 2.57. The van der Waals surface area contributed by atoms with E-state index in [1.807, 2.05) is 6.92 Å². The Hall–Kier alpha value is -1.91. The van der Waals surface area contributed by atoms with Crippen LogP contribution in [0.4, 0.5) is 10.1 Å². The largest absolute Gasteiger partial charge is 0.396 e. The third-order valence-corrected chi connectivity index (χ3v) is 1.42. The van der Waals surface area contributed by atoms with Crippen LogP contribution in [0.1, 0.15) is 6.92 Å². The maximum Gasteiger partial charge on any atom is 0.125 e. The smallest absolute Gasteiger partial charge is 0.125 e. The van der Waals surface area contributed by atoms with Crippen molar-refractivity contribution >= 4 is 18.1 Å². The molecule has 0 unspecified atom stereocenters. The zero-order valence-corrected chi connectivity index (χ0v) is 8.35. The fourth-order valence-electron chi connectivity index (χ4n) is 0.848. The molecule has 1 N–H and O–H groups in total. The summed E-state index contributed by atoms with van der Waals surface area (Å²) in [6, 6.07) is 6.02. The Bertz CT molecular complexity index is 352. The van der Waals surface area contributed by atoms with Crippen molar-refractivity contribution < 1.29 is 9.23 Å². The zero-order chi connectivity index (χ0) is 10.9. The molecule has 0 aliphatic carbocycles. The Labute approximate surface area is 87.4 Å². The van der Waals surface area contributed by atoms with Crippen molar-refractivity contribution in [1.82, 2.24) is 0 Å². The van der Waals surface area contributed by atoms with Crippen LogP contribution in [-0.4, -0.2) is 19.0 Å². The molecule has 5 heteroatoms. The van der Waals surface area contributed by atoms with Crippen molar-refractivity contribution in [3.05, 3.63) is 30.1 Å². The molecule has 1 rings (SSSR count). The van der Waals surface area contributed by atoms with Gasteiger partial charge in [-0.25, -0.2) is 4.39 Å². The molecule has 0 radical (unpaired) electrons. The summed E-state index contributed by atoms with van der Waals surface area (Å²) < 4.78 is 12.7. The third-order valence-electron chi connectivity index (χ3n) is 1.42. The summed E-state index contributed by atoms with van der Waals surface area (Å²) in [6.07, 6.45) is 2.82. The molecule has 1 aromatic rings. The molecule has 0 saturated carbocycles. The normalized spacial score (nSPS) is 11.1. The summed E-state index contributed by atoms with van der Waals surface area (Å²) in [6.45, 7) is 2.35. The highest BCUT2D eigenvalue weighted by atomic mass is 19.1. The van der Waals surface area contributed by atoms with Crippen LogP contribution in [-0.2, 0) is 4.84 Å². The van der Waals surface area contributed by atoms with E-state index in [4.69, 9.17) is 4.84 Å². The van der Waals surface area contributed by atoms with Crippen molar-refractivity contribution in [2.45, 2.75) is 6.92 Å². The maximum atomic E-state index is 12.7. The first-order valence-corrected chi connectivity index (χ1v) is 4.51. The summed E-state index contributed by atoms with van der Waals surface area (Å²) in [4.78, 5) is 4.70. The monoisotopic (exact) mass is 209 g/mol. The van der Waals surface area contributed by atoms with E-state index < -0.39 is 0 Å². The Kier molecular flexibility index (Phi) is 4.86. The van der Waals surface area contributed by atoms with Crippen LogP contribution in [0.3, 0.4) is 0 Å². The lowest BCUT2D eigenvalue weighted by molar-refractivity contribution is 0.161. The molecule has 0 spiro atoms. The topological polar surface area (TPSA) is 46.0 Å². The number of anilines is 1. The molecule has 0 saturated heterocycles. The van der Waals surface area contributed by atoms with Crippen LogP contribution in [0.5, 0.6) is 0 Å². The second-order valence-corrected chi connectivity index (χ2v) is 2.57. The summed E-state index contributed by atoms with van der Waals surface area (Å²) in [7, 11) is 0. The fourth-order valence-corrected chi connectivity index (χ4v) is 0.848. The number of rotatable bonds is 5. The van der Waals surface area contributed by atoms with Crippen molar-refractivity contribution in [2.75, 3.05) is 12.0 Å². The van der Waals surface area contributed by atoms with Gasteiger partial charge in [-0.05, 0) is 25.1 Å². The van der Waals surface area contributed by atoms with E-state index in [-0.39, 0.29) is 5.82 Å². The van der Waals surface area contributed by atoms with Crippen LogP contribution in [0.2, 0.25) is 0 Å². The van der Waals surface area contributed by atoms with Crippen molar-refractivity contribution in [2.24, 2.45) is 10.3 Å². The van der Waals surface area contributed by atoms with Gasteiger partial charge in [0.1, 0.15) is 12.4 Å². The Morgan fingerprint density at radius 1 is 1.47 bits per heavy atom. The quantitative estimate of drug-likeness (QED) is 0.597. The van der Waals surface area contributed by atoms with E-state index in [0.29, 0.717) is 12.3 Å². The van der Waals surface area contributed by atoms with Crippen LogP contribution in [0.25, 0.3) is 0 Å². The van der Waals surface area contributed by atoms with E-state index in [9.17, 15) is 4.39 Å². The molecule has 1 aromatic carbocycles.